The van der Waals surface area contributed by atoms with Gasteiger partial charge in [-0.15, -0.1) is 0 Å². The summed E-state index contributed by atoms with van der Waals surface area (Å²) in [5, 5.41) is 0. The molecule has 4 rings (SSSR count). The molecule has 4 aliphatic carbocycles. The number of rotatable bonds is 5. The van der Waals surface area contributed by atoms with Gasteiger partial charge in [-0.2, -0.15) is 0 Å². The van der Waals surface area contributed by atoms with Crippen LogP contribution in [0.1, 0.15) is 98.3 Å². The maximum Gasteiger partial charge on any atom is 0.157 e. The van der Waals surface area contributed by atoms with Crippen molar-refractivity contribution in [3.63, 3.8) is 0 Å². The fourth-order valence-corrected chi connectivity index (χ4v) is 9.05. The molecule has 4 aliphatic rings. The van der Waals surface area contributed by atoms with Crippen molar-refractivity contribution in [1.82, 2.24) is 0 Å². The van der Waals surface area contributed by atoms with Gasteiger partial charge in [0.2, 0.25) is 0 Å². The first-order valence-corrected chi connectivity index (χ1v) is 12.5. The Morgan fingerprint density at radius 2 is 1.76 bits per heavy atom. The molecule has 0 amide bonds. The van der Waals surface area contributed by atoms with Gasteiger partial charge < -0.3 is 0 Å². The maximum atomic E-state index is 15.4. The molecule has 0 bridgehead atoms. The molecule has 0 aromatic carbocycles. The van der Waals surface area contributed by atoms with Crippen molar-refractivity contribution in [3.05, 3.63) is 12.2 Å². The lowest BCUT2D eigenvalue weighted by atomic mass is 9.44. The van der Waals surface area contributed by atoms with E-state index in [1.165, 1.54) is 44.9 Å². The predicted molar refractivity (Wildman–Crippen MR) is 118 cm³/mol. The van der Waals surface area contributed by atoms with Crippen molar-refractivity contribution < 1.29 is 9.18 Å². The highest BCUT2D eigenvalue weighted by Gasteiger charge is 2.62. The summed E-state index contributed by atoms with van der Waals surface area (Å²) >= 11 is 0. The van der Waals surface area contributed by atoms with Crippen LogP contribution in [0.5, 0.6) is 0 Å². The largest absolute Gasteiger partial charge is 0.295 e. The average Bonchev–Trinajstić information content (AvgIpc) is 3.03. The second kappa shape index (κ2) is 7.79. The Balaban J connectivity index is 1.50. The molecular formula is C27H43FO. The van der Waals surface area contributed by atoms with Crippen molar-refractivity contribution in [2.45, 2.75) is 104 Å². The molecule has 0 spiro atoms. The number of allylic oxidation sites excluding steroid dienone is 1. The smallest absolute Gasteiger partial charge is 0.157 e. The minimum absolute atomic E-state index is 0.226. The second-order valence-electron chi connectivity index (χ2n) is 11.9. The molecule has 0 saturated heterocycles. The van der Waals surface area contributed by atoms with Crippen LogP contribution in [0.4, 0.5) is 4.39 Å². The Kier molecular flexibility index (Phi) is 5.79. The Morgan fingerprint density at radius 3 is 2.48 bits per heavy atom. The quantitative estimate of drug-likeness (QED) is 0.434. The van der Waals surface area contributed by atoms with Crippen LogP contribution in [-0.2, 0) is 4.79 Å². The van der Waals surface area contributed by atoms with E-state index in [0.29, 0.717) is 47.0 Å². The molecule has 1 nitrogen and oxygen atoms in total. The van der Waals surface area contributed by atoms with Crippen LogP contribution in [0.25, 0.3) is 0 Å². The molecule has 0 aromatic rings. The summed E-state index contributed by atoms with van der Waals surface area (Å²) < 4.78 is 15.4. The van der Waals surface area contributed by atoms with Crippen molar-refractivity contribution in [2.24, 2.45) is 46.3 Å². The molecular weight excluding hydrogens is 359 g/mol. The summed E-state index contributed by atoms with van der Waals surface area (Å²) in [5.41, 5.74) is 1.30. The van der Waals surface area contributed by atoms with Gasteiger partial charge in [-0.25, -0.2) is 4.39 Å². The molecule has 9 atom stereocenters. The number of ketones is 1. The molecule has 4 saturated carbocycles. The van der Waals surface area contributed by atoms with Gasteiger partial charge >= 0.3 is 0 Å². The summed E-state index contributed by atoms with van der Waals surface area (Å²) in [7, 11) is 0. The first kappa shape index (κ1) is 21.6. The zero-order chi connectivity index (χ0) is 21.0. The van der Waals surface area contributed by atoms with Gasteiger partial charge in [-0.1, -0.05) is 40.2 Å². The number of carbonyl (C=O) groups is 1. The summed E-state index contributed by atoms with van der Waals surface area (Å²) in [6, 6.07) is 0. The Bertz CT molecular complexity index is 655. The molecule has 0 N–H and O–H groups in total. The summed E-state index contributed by atoms with van der Waals surface area (Å²) in [6.45, 7) is 13.0. The normalized spacial score (nSPS) is 47.6. The van der Waals surface area contributed by atoms with Gasteiger partial charge in [0.25, 0.3) is 0 Å². The minimum Gasteiger partial charge on any atom is -0.295 e. The Morgan fingerprint density at radius 1 is 1.03 bits per heavy atom. The number of carbonyl (C=O) groups excluding carboxylic acids is 1. The van der Waals surface area contributed by atoms with Crippen molar-refractivity contribution in [2.75, 3.05) is 0 Å². The molecule has 29 heavy (non-hydrogen) atoms. The Hall–Kier alpha value is -0.660. The lowest BCUT2D eigenvalue weighted by molar-refractivity contribution is -0.142. The van der Waals surface area contributed by atoms with Gasteiger partial charge in [-0.3, -0.25) is 4.79 Å². The second-order valence-corrected chi connectivity index (χ2v) is 11.9. The SMILES string of the molecule is C=C(C)C(=O)CC[C@@H](C)[C@H]1CC[C@H]2[C@@H]3C[C@H](F)C4CCCC[C@]4(C)[C@H]3CC[C@]12C. The highest BCUT2D eigenvalue weighted by molar-refractivity contribution is 5.94. The van der Waals surface area contributed by atoms with Gasteiger partial charge in [0, 0.05) is 6.42 Å². The van der Waals surface area contributed by atoms with Gasteiger partial charge in [0.15, 0.2) is 5.78 Å². The third-order valence-corrected chi connectivity index (χ3v) is 10.6. The number of Topliss-reactive ketones (excluding diaryl/α,β-unsaturated/α-hetero) is 1. The fourth-order valence-electron chi connectivity index (χ4n) is 9.05. The van der Waals surface area contributed by atoms with Crippen molar-refractivity contribution in [1.29, 1.82) is 0 Å². The Labute approximate surface area is 178 Å². The van der Waals surface area contributed by atoms with Crippen LogP contribution in [0.3, 0.4) is 0 Å². The molecule has 2 heteroatoms. The highest BCUT2D eigenvalue weighted by Crippen LogP contribution is 2.68. The lowest BCUT2D eigenvalue weighted by Crippen LogP contribution is -2.56. The van der Waals surface area contributed by atoms with Crippen molar-refractivity contribution >= 4 is 5.78 Å². The van der Waals surface area contributed by atoms with Crippen LogP contribution in [0.2, 0.25) is 0 Å². The molecule has 0 aromatic heterocycles. The first-order chi connectivity index (χ1) is 13.7. The van der Waals surface area contributed by atoms with E-state index >= 15 is 4.39 Å². The molecule has 164 valence electrons. The average molecular weight is 403 g/mol. The zero-order valence-electron chi connectivity index (χ0n) is 19.3. The van der Waals surface area contributed by atoms with Crippen LogP contribution in [0.15, 0.2) is 12.2 Å². The molecule has 0 radical (unpaired) electrons. The van der Waals surface area contributed by atoms with Crippen LogP contribution in [0, 0.1) is 46.3 Å². The summed E-state index contributed by atoms with van der Waals surface area (Å²) in [5.74, 6) is 3.86. The minimum atomic E-state index is -0.575. The van der Waals surface area contributed by atoms with E-state index in [1.807, 2.05) is 6.92 Å². The molecule has 0 aliphatic heterocycles. The van der Waals surface area contributed by atoms with Gasteiger partial charge in [-0.05, 0) is 110 Å². The van der Waals surface area contributed by atoms with Gasteiger partial charge in [0.1, 0.15) is 6.17 Å². The first-order valence-electron chi connectivity index (χ1n) is 12.5. The third kappa shape index (κ3) is 3.45. The van der Waals surface area contributed by atoms with Crippen molar-refractivity contribution in [3.8, 4) is 0 Å². The summed E-state index contributed by atoms with van der Waals surface area (Å²) in [4.78, 5) is 12.1. The number of halogens is 1. The van der Waals surface area contributed by atoms with E-state index in [1.54, 1.807) is 0 Å². The van der Waals surface area contributed by atoms with Crippen LogP contribution in [-0.4, -0.2) is 12.0 Å². The number of hydrogen-bond acceptors (Lipinski definition) is 1. The van der Waals surface area contributed by atoms with E-state index < -0.39 is 6.17 Å². The van der Waals surface area contributed by atoms with E-state index in [2.05, 4.69) is 27.4 Å². The topological polar surface area (TPSA) is 17.1 Å². The van der Waals surface area contributed by atoms with E-state index in [0.717, 1.165) is 25.2 Å². The van der Waals surface area contributed by atoms with E-state index in [-0.39, 0.29) is 11.2 Å². The van der Waals surface area contributed by atoms with E-state index in [9.17, 15) is 4.79 Å². The third-order valence-electron chi connectivity index (χ3n) is 10.6. The zero-order valence-corrected chi connectivity index (χ0v) is 19.3. The number of fused-ring (bicyclic) bond motifs is 5. The maximum absolute atomic E-state index is 15.4. The standard InChI is InChI=1S/C27H43FO/c1-17(2)25(29)12-9-18(3)20-10-11-21-19-16-24(28)23-8-6-7-14-26(23,4)22(19)13-15-27(20,21)5/h18-24H,1,6-16H2,2-5H3/t18-,19+,20-,21+,22+,23?,24+,26-,27-/m1/s1. The number of alkyl halides is 1. The van der Waals surface area contributed by atoms with Crippen LogP contribution < -0.4 is 0 Å². The lowest BCUT2D eigenvalue weighted by Gasteiger charge is -2.61. The van der Waals surface area contributed by atoms with E-state index in [4.69, 9.17) is 0 Å². The number of hydrogen-bond donors (Lipinski definition) is 0. The predicted octanol–water partition coefficient (Wildman–Crippen LogP) is 7.54. The monoisotopic (exact) mass is 402 g/mol. The molecule has 4 fully saturated rings. The fraction of sp³-hybridized carbons (Fsp3) is 0.889. The summed E-state index contributed by atoms with van der Waals surface area (Å²) in [6.07, 6.45) is 12.0. The van der Waals surface area contributed by atoms with Gasteiger partial charge in [0.05, 0.1) is 0 Å². The highest BCUT2D eigenvalue weighted by atomic mass is 19.1. The molecule has 0 heterocycles. The molecule has 1 unspecified atom stereocenters. The van der Waals surface area contributed by atoms with Crippen LogP contribution >= 0.6 is 0 Å².